The van der Waals surface area contributed by atoms with E-state index in [9.17, 15) is 9.59 Å². The Morgan fingerprint density at radius 2 is 1.94 bits per heavy atom. The molecule has 0 atom stereocenters. The van der Waals surface area contributed by atoms with Gasteiger partial charge < -0.3 is 29.6 Å². The first-order valence-corrected chi connectivity index (χ1v) is 11.3. The molecule has 2 aromatic rings. The first-order chi connectivity index (χ1) is 16.6. The Labute approximate surface area is 204 Å². The molecule has 12 nitrogen and oxygen atoms in total. The highest BCUT2D eigenvalue weighted by Crippen LogP contribution is 2.28. The number of likely N-dealkylation sites (tertiary alicyclic amines) is 1. The van der Waals surface area contributed by atoms with Gasteiger partial charge in [0.25, 0.3) is 5.91 Å². The molecule has 0 radical (unpaired) electrons. The number of hydrogen-bond acceptors (Lipinski definition) is 9. The van der Waals surface area contributed by atoms with Gasteiger partial charge in [-0.1, -0.05) is 6.07 Å². The molecule has 35 heavy (non-hydrogen) atoms. The predicted molar refractivity (Wildman–Crippen MR) is 130 cm³/mol. The Balaban J connectivity index is 1.72. The maximum absolute atomic E-state index is 12.6. The molecule has 1 fully saturated rings. The van der Waals surface area contributed by atoms with Crippen LogP contribution in [0, 0.1) is 5.41 Å². The third-order valence-electron chi connectivity index (χ3n) is 5.28. The Morgan fingerprint density at radius 3 is 2.57 bits per heavy atom. The molecule has 2 amide bonds. The fourth-order valence-electron chi connectivity index (χ4n) is 3.65. The quantitative estimate of drug-likeness (QED) is 0.322. The number of pyridine rings is 1. The predicted octanol–water partition coefficient (Wildman–Crippen LogP) is 2.58. The van der Waals surface area contributed by atoms with Gasteiger partial charge >= 0.3 is 6.09 Å². The zero-order valence-corrected chi connectivity index (χ0v) is 20.7. The first kappa shape index (κ1) is 25.7. The van der Waals surface area contributed by atoms with Crippen LogP contribution in [-0.4, -0.2) is 75.4 Å². The van der Waals surface area contributed by atoms with Gasteiger partial charge in [-0.05, 0) is 45.7 Å². The molecule has 2 aromatic heterocycles. The largest absolute Gasteiger partial charge is 0.481 e. The number of piperidine rings is 1. The van der Waals surface area contributed by atoms with Crippen molar-refractivity contribution < 1.29 is 19.1 Å². The van der Waals surface area contributed by atoms with Crippen LogP contribution >= 0.6 is 0 Å². The van der Waals surface area contributed by atoms with Gasteiger partial charge in [-0.25, -0.2) is 9.78 Å². The molecule has 12 heteroatoms. The van der Waals surface area contributed by atoms with Crippen LogP contribution in [0.3, 0.4) is 0 Å². The molecule has 0 spiro atoms. The van der Waals surface area contributed by atoms with Crippen molar-refractivity contribution in [3.8, 4) is 11.5 Å². The van der Waals surface area contributed by atoms with E-state index in [1.165, 1.54) is 13.3 Å². The number of carbonyl (C=O) groups is 2. The molecule has 1 aliphatic rings. The van der Waals surface area contributed by atoms with E-state index < -0.39 is 11.5 Å². The molecule has 3 N–H and O–H groups in total. The molecule has 0 aromatic carbocycles. The van der Waals surface area contributed by atoms with Crippen molar-refractivity contribution in [2.75, 3.05) is 32.6 Å². The fraction of sp³-hybridized carbons (Fsp3) is 0.478. The van der Waals surface area contributed by atoms with Crippen molar-refractivity contribution in [3.63, 3.8) is 0 Å². The van der Waals surface area contributed by atoms with Crippen LogP contribution in [0.15, 0.2) is 36.3 Å². The smallest absolute Gasteiger partial charge is 0.410 e. The molecule has 3 rings (SSSR count). The van der Waals surface area contributed by atoms with Crippen LogP contribution in [-0.2, 0) is 14.3 Å². The summed E-state index contributed by atoms with van der Waals surface area (Å²) in [6.07, 6.45) is 4.17. The first-order valence-electron chi connectivity index (χ1n) is 11.3. The molecule has 1 saturated heterocycles. The average Bonchev–Trinajstić information content (AvgIpc) is 3.31. The van der Waals surface area contributed by atoms with Gasteiger partial charge in [0, 0.05) is 32.4 Å². The normalized spacial score (nSPS) is 14.9. The number of aromatic nitrogens is 4. The topological polar surface area (TPSA) is 147 Å². The van der Waals surface area contributed by atoms with E-state index in [0.29, 0.717) is 30.4 Å². The SMILES string of the molecule is CN/C=C(\C(=N)OC)C(=O)Nc1cccc(-c2nncn2C2CCN(C(=O)OC(C)(C)C)CC2)n1. The average molecular weight is 485 g/mol. The fourth-order valence-corrected chi connectivity index (χ4v) is 3.65. The van der Waals surface area contributed by atoms with Crippen molar-refractivity contribution in [3.05, 3.63) is 36.3 Å². The number of nitrogens with zero attached hydrogens (tertiary/aromatic N) is 5. The van der Waals surface area contributed by atoms with Gasteiger partial charge in [-0.2, -0.15) is 0 Å². The molecule has 0 unspecified atom stereocenters. The molecule has 0 aliphatic carbocycles. The third-order valence-corrected chi connectivity index (χ3v) is 5.28. The molecule has 188 valence electrons. The van der Waals surface area contributed by atoms with Crippen molar-refractivity contribution in [2.45, 2.75) is 45.3 Å². The molecule has 0 bridgehead atoms. The van der Waals surface area contributed by atoms with Crippen LogP contribution in [0.4, 0.5) is 10.6 Å². The monoisotopic (exact) mass is 484 g/mol. The van der Waals surface area contributed by atoms with Crippen molar-refractivity contribution in [2.24, 2.45) is 0 Å². The molecular formula is C23H32N8O4. The summed E-state index contributed by atoms with van der Waals surface area (Å²) >= 11 is 0. The second-order valence-corrected chi connectivity index (χ2v) is 9.00. The van der Waals surface area contributed by atoms with Crippen LogP contribution in [0.2, 0.25) is 0 Å². The van der Waals surface area contributed by atoms with Crippen LogP contribution < -0.4 is 10.6 Å². The second-order valence-electron chi connectivity index (χ2n) is 9.00. The lowest BCUT2D eigenvalue weighted by Gasteiger charge is -2.34. The van der Waals surface area contributed by atoms with E-state index in [2.05, 4.69) is 25.8 Å². The maximum Gasteiger partial charge on any atom is 0.410 e. The lowest BCUT2D eigenvalue weighted by Crippen LogP contribution is -2.42. The van der Waals surface area contributed by atoms with E-state index in [4.69, 9.17) is 14.9 Å². The minimum Gasteiger partial charge on any atom is -0.481 e. The number of amides is 2. The number of anilines is 1. The molecule has 3 heterocycles. The highest BCUT2D eigenvalue weighted by Gasteiger charge is 2.29. The van der Waals surface area contributed by atoms with Crippen LogP contribution in [0.1, 0.15) is 39.7 Å². The number of carbonyl (C=O) groups excluding carboxylic acids is 2. The Hall–Kier alpha value is -3.96. The highest BCUT2D eigenvalue weighted by atomic mass is 16.6. The lowest BCUT2D eigenvalue weighted by molar-refractivity contribution is -0.112. The third kappa shape index (κ3) is 6.55. The lowest BCUT2D eigenvalue weighted by atomic mass is 10.0. The van der Waals surface area contributed by atoms with Crippen LogP contribution in [0.5, 0.6) is 0 Å². The number of nitrogens with one attached hydrogen (secondary N) is 3. The summed E-state index contributed by atoms with van der Waals surface area (Å²) in [6.45, 7) is 6.68. The Kier molecular flexibility index (Phi) is 8.05. The van der Waals surface area contributed by atoms with E-state index >= 15 is 0 Å². The summed E-state index contributed by atoms with van der Waals surface area (Å²) < 4.78 is 12.3. The van der Waals surface area contributed by atoms with Gasteiger partial charge in [0.1, 0.15) is 29.0 Å². The van der Waals surface area contributed by atoms with Crippen molar-refractivity contribution in [1.82, 2.24) is 30.0 Å². The van der Waals surface area contributed by atoms with E-state index in [1.807, 2.05) is 25.3 Å². The Bertz CT molecular complexity index is 1100. The van der Waals surface area contributed by atoms with Crippen molar-refractivity contribution >= 4 is 23.7 Å². The van der Waals surface area contributed by atoms with E-state index in [-0.39, 0.29) is 23.6 Å². The van der Waals surface area contributed by atoms with E-state index in [0.717, 1.165) is 12.8 Å². The number of hydrogen-bond donors (Lipinski definition) is 3. The standard InChI is InChI=1S/C23H32N8O4/c1-23(2,3)35-22(33)30-11-9-15(10-12-30)31-14-26-29-20(31)17-7-6-8-18(27-17)28-21(32)16(13-25-4)19(24)34-5/h6-8,13-15,24-25H,9-12H2,1-5H3,(H,27,28,32)/b16-13+,24-19?. The van der Waals surface area contributed by atoms with E-state index in [1.54, 1.807) is 36.5 Å². The highest BCUT2D eigenvalue weighted by molar-refractivity contribution is 6.21. The van der Waals surface area contributed by atoms with Gasteiger partial charge in [-0.15, -0.1) is 10.2 Å². The second kappa shape index (κ2) is 11.0. The minimum atomic E-state index is -0.535. The van der Waals surface area contributed by atoms with Gasteiger partial charge in [0.2, 0.25) is 5.90 Å². The molecule has 1 aliphatic heterocycles. The summed E-state index contributed by atoms with van der Waals surface area (Å²) in [6, 6.07) is 5.28. The zero-order chi connectivity index (χ0) is 25.6. The molecule has 0 saturated carbocycles. The summed E-state index contributed by atoms with van der Waals surface area (Å²) in [5.41, 5.74) is 0.0347. The number of rotatable bonds is 6. The number of ether oxygens (including phenoxy) is 2. The summed E-state index contributed by atoms with van der Waals surface area (Å²) in [4.78, 5) is 31.2. The number of methoxy groups -OCH3 is 1. The van der Waals surface area contributed by atoms with Gasteiger partial charge in [0.05, 0.1) is 7.11 Å². The van der Waals surface area contributed by atoms with Gasteiger partial charge in [0.15, 0.2) is 5.82 Å². The minimum absolute atomic E-state index is 0.0297. The molecular weight excluding hydrogens is 452 g/mol. The Morgan fingerprint density at radius 1 is 1.23 bits per heavy atom. The summed E-state index contributed by atoms with van der Waals surface area (Å²) in [7, 11) is 2.95. The van der Waals surface area contributed by atoms with Gasteiger partial charge in [-0.3, -0.25) is 10.2 Å². The summed E-state index contributed by atoms with van der Waals surface area (Å²) in [5.74, 6) is 0.0532. The zero-order valence-electron chi connectivity index (χ0n) is 20.7. The maximum atomic E-state index is 12.6. The summed E-state index contributed by atoms with van der Waals surface area (Å²) in [5, 5.41) is 21.5. The van der Waals surface area contributed by atoms with Crippen molar-refractivity contribution in [1.29, 1.82) is 5.41 Å². The van der Waals surface area contributed by atoms with Crippen LogP contribution in [0.25, 0.3) is 11.5 Å².